The molecule has 0 amide bonds. The third-order valence-corrected chi connectivity index (χ3v) is 7.07. The average Bonchev–Trinajstić information content (AvgIpc) is 3.42. The van der Waals surface area contributed by atoms with Crippen molar-refractivity contribution < 1.29 is 9.52 Å². The van der Waals surface area contributed by atoms with Crippen LogP contribution < -0.4 is 0 Å². The van der Waals surface area contributed by atoms with Crippen LogP contribution in [0, 0.1) is 11.8 Å². The van der Waals surface area contributed by atoms with Gasteiger partial charge in [0.05, 0.1) is 17.2 Å². The van der Waals surface area contributed by atoms with Crippen molar-refractivity contribution in [1.82, 2.24) is 19.5 Å². The number of fused-ring (bicyclic) bond motifs is 1. The molecule has 4 aromatic rings. The largest absolute Gasteiger partial charge is 0.492 e. The first-order chi connectivity index (χ1) is 14.5. The summed E-state index contributed by atoms with van der Waals surface area (Å²) in [6, 6.07) is 11.3. The number of likely N-dealkylation sites (tertiary alicyclic amines) is 1. The second-order valence-corrected chi connectivity index (χ2v) is 9.64. The number of hydrogen-bond donors (Lipinski definition) is 1. The van der Waals surface area contributed by atoms with Crippen molar-refractivity contribution >= 4 is 27.9 Å². The van der Waals surface area contributed by atoms with Gasteiger partial charge in [-0.25, -0.2) is 0 Å². The summed E-state index contributed by atoms with van der Waals surface area (Å²) in [5.41, 5.74) is 0.992. The van der Waals surface area contributed by atoms with Crippen LogP contribution in [-0.2, 0) is 0 Å². The van der Waals surface area contributed by atoms with Crippen molar-refractivity contribution in [2.24, 2.45) is 11.8 Å². The maximum atomic E-state index is 11.2. The van der Waals surface area contributed by atoms with Crippen LogP contribution in [0.1, 0.15) is 36.8 Å². The molecule has 0 radical (unpaired) electrons. The molecule has 6 nitrogen and oxygen atoms in total. The summed E-state index contributed by atoms with van der Waals surface area (Å²) in [6.07, 6.45) is 2.79. The molecule has 4 heterocycles. The van der Waals surface area contributed by atoms with E-state index < -0.39 is 0 Å². The number of hydrogen-bond acceptors (Lipinski definition) is 6. The number of rotatable bonds is 4. The Labute approximate surface area is 183 Å². The first-order valence-electron chi connectivity index (χ1n) is 10.1. The Kier molecular flexibility index (Phi) is 5.05. The summed E-state index contributed by atoms with van der Waals surface area (Å²) in [5.74, 6) is 2.30. The lowest BCUT2D eigenvalue weighted by Gasteiger charge is -2.40. The third kappa shape index (κ3) is 3.41. The lowest BCUT2D eigenvalue weighted by molar-refractivity contribution is 0.112. The van der Waals surface area contributed by atoms with Crippen LogP contribution >= 0.6 is 22.9 Å². The number of aromatic hydroxyl groups is 1. The van der Waals surface area contributed by atoms with Gasteiger partial charge in [-0.1, -0.05) is 55.0 Å². The number of aromatic nitrogens is 3. The van der Waals surface area contributed by atoms with Gasteiger partial charge in [0.1, 0.15) is 0 Å². The molecular formula is C22H23ClN4O2S. The van der Waals surface area contributed by atoms with Crippen molar-refractivity contribution in [1.29, 1.82) is 0 Å². The molecule has 0 bridgehead atoms. The highest BCUT2D eigenvalue weighted by Crippen LogP contribution is 2.44. The highest BCUT2D eigenvalue weighted by molar-refractivity contribution is 7.17. The number of halogens is 1. The van der Waals surface area contributed by atoms with Crippen LogP contribution in [0.25, 0.3) is 16.5 Å². The van der Waals surface area contributed by atoms with E-state index in [9.17, 15) is 5.11 Å². The van der Waals surface area contributed by atoms with E-state index in [1.807, 2.05) is 24.3 Å². The minimum absolute atomic E-state index is 0.108. The van der Waals surface area contributed by atoms with Crippen LogP contribution in [0.5, 0.6) is 5.88 Å². The fourth-order valence-electron chi connectivity index (χ4n) is 4.56. The Balaban J connectivity index is 1.62. The zero-order chi connectivity index (χ0) is 20.8. The molecule has 0 aliphatic carbocycles. The standard InChI is InChI=1S/C22H23ClN4O2S/c1-13-10-14(2)12-26(11-13)18(15-6-3-4-7-16(15)23)19-21(28)27-22(30-19)24-20(25-27)17-8-5-9-29-17/h3-9,13-14,18,28H,10-12H2,1-2H3/t13-,14-,18-/m0/s1. The zero-order valence-electron chi connectivity index (χ0n) is 16.8. The summed E-state index contributed by atoms with van der Waals surface area (Å²) in [6.45, 7) is 6.46. The van der Waals surface area contributed by atoms with Crippen LogP contribution in [0.4, 0.5) is 0 Å². The Morgan fingerprint density at radius 2 is 1.93 bits per heavy atom. The zero-order valence-corrected chi connectivity index (χ0v) is 18.4. The predicted octanol–water partition coefficient (Wildman–Crippen LogP) is 5.48. The van der Waals surface area contributed by atoms with E-state index in [1.165, 1.54) is 22.3 Å². The highest BCUT2D eigenvalue weighted by Gasteiger charge is 2.34. The summed E-state index contributed by atoms with van der Waals surface area (Å²) in [4.78, 5) is 8.44. The first kappa shape index (κ1) is 19.6. The monoisotopic (exact) mass is 442 g/mol. The van der Waals surface area contributed by atoms with E-state index in [4.69, 9.17) is 16.0 Å². The van der Waals surface area contributed by atoms with Gasteiger partial charge in [0.2, 0.25) is 16.7 Å². The smallest absolute Gasteiger partial charge is 0.230 e. The fourth-order valence-corrected chi connectivity index (χ4v) is 5.91. The van der Waals surface area contributed by atoms with Crippen LogP contribution in [0.2, 0.25) is 5.02 Å². The van der Waals surface area contributed by atoms with Gasteiger partial charge in [-0.3, -0.25) is 4.90 Å². The second kappa shape index (κ2) is 7.72. The van der Waals surface area contributed by atoms with Crippen LogP contribution in [0.15, 0.2) is 47.1 Å². The number of benzene rings is 1. The fraction of sp³-hybridized carbons (Fsp3) is 0.364. The van der Waals surface area contributed by atoms with E-state index >= 15 is 0 Å². The maximum absolute atomic E-state index is 11.2. The molecule has 156 valence electrons. The van der Waals surface area contributed by atoms with Gasteiger partial charge in [-0.05, 0) is 42.0 Å². The molecule has 30 heavy (non-hydrogen) atoms. The van der Waals surface area contributed by atoms with Crippen molar-refractivity contribution in [3.63, 3.8) is 0 Å². The Hall–Kier alpha value is -2.35. The molecule has 1 N–H and O–H groups in total. The van der Waals surface area contributed by atoms with Gasteiger partial charge < -0.3 is 9.52 Å². The lowest BCUT2D eigenvalue weighted by atomic mass is 9.89. The number of nitrogens with zero attached hydrogens (tertiary/aromatic N) is 4. The Morgan fingerprint density at radius 3 is 2.60 bits per heavy atom. The first-order valence-corrected chi connectivity index (χ1v) is 11.3. The Morgan fingerprint density at radius 1 is 1.17 bits per heavy atom. The lowest BCUT2D eigenvalue weighted by Crippen LogP contribution is -2.41. The van der Waals surface area contributed by atoms with Gasteiger partial charge in [0, 0.05) is 18.1 Å². The highest BCUT2D eigenvalue weighted by atomic mass is 35.5. The van der Waals surface area contributed by atoms with E-state index in [2.05, 4.69) is 28.8 Å². The molecule has 1 aliphatic heterocycles. The number of piperidine rings is 1. The maximum Gasteiger partial charge on any atom is 0.230 e. The number of furan rings is 1. The summed E-state index contributed by atoms with van der Waals surface area (Å²) in [7, 11) is 0. The van der Waals surface area contributed by atoms with Crippen molar-refractivity contribution in [3.8, 4) is 17.5 Å². The topological polar surface area (TPSA) is 66.8 Å². The molecule has 3 atom stereocenters. The molecule has 0 unspecified atom stereocenters. The van der Waals surface area contributed by atoms with Gasteiger partial charge in [-0.2, -0.15) is 9.50 Å². The third-order valence-electron chi connectivity index (χ3n) is 5.65. The molecule has 5 rings (SSSR count). The van der Waals surface area contributed by atoms with Crippen molar-refractivity contribution in [3.05, 3.63) is 58.1 Å². The normalized spacial score (nSPS) is 21.3. The predicted molar refractivity (Wildman–Crippen MR) is 118 cm³/mol. The molecule has 0 saturated carbocycles. The van der Waals surface area contributed by atoms with Crippen molar-refractivity contribution in [2.75, 3.05) is 13.1 Å². The van der Waals surface area contributed by atoms with Crippen LogP contribution in [-0.4, -0.2) is 37.7 Å². The van der Waals surface area contributed by atoms with Gasteiger partial charge in [-0.15, -0.1) is 5.10 Å². The van der Waals surface area contributed by atoms with E-state index in [1.54, 1.807) is 18.4 Å². The molecule has 1 saturated heterocycles. The average molecular weight is 443 g/mol. The van der Waals surface area contributed by atoms with E-state index in [-0.39, 0.29) is 11.9 Å². The van der Waals surface area contributed by atoms with Gasteiger partial charge >= 0.3 is 0 Å². The minimum Gasteiger partial charge on any atom is -0.492 e. The molecule has 1 aromatic carbocycles. The molecular weight excluding hydrogens is 420 g/mol. The molecule has 1 aliphatic rings. The summed E-state index contributed by atoms with van der Waals surface area (Å²) < 4.78 is 6.90. The van der Waals surface area contributed by atoms with E-state index in [0.29, 0.717) is 33.4 Å². The van der Waals surface area contributed by atoms with Crippen LogP contribution in [0.3, 0.4) is 0 Å². The summed E-state index contributed by atoms with van der Waals surface area (Å²) in [5, 5.41) is 16.3. The van der Waals surface area contributed by atoms with Gasteiger partial charge in [0.15, 0.2) is 5.76 Å². The summed E-state index contributed by atoms with van der Waals surface area (Å²) >= 11 is 8.07. The molecule has 0 spiro atoms. The molecule has 3 aromatic heterocycles. The molecule has 8 heteroatoms. The second-order valence-electron chi connectivity index (χ2n) is 8.22. The number of thiazole rings is 1. The SMILES string of the molecule is C[C@H]1C[C@H](C)CN([C@@H](c2ccccc2Cl)c2sc3nc(-c4ccco4)nn3c2O)C1. The van der Waals surface area contributed by atoms with E-state index in [0.717, 1.165) is 23.5 Å². The Bertz CT molecular complexity index is 1160. The van der Waals surface area contributed by atoms with Gasteiger partial charge in [0.25, 0.3) is 0 Å². The molecule has 1 fully saturated rings. The quantitative estimate of drug-likeness (QED) is 0.453. The minimum atomic E-state index is -0.149. The van der Waals surface area contributed by atoms with Crippen molar-refractivity contribution in [2.45, 2.75) is 26.3 Å².